The zero-order chi connectivity index (χ0) is 15.0. The molecule has 2 aliphatic rings. The molecule has 0 aromatic heterocycles. The van der Waals surface area contributed by atoms with Crippen molar-refractivity contribution in [2.24, 2.45) is 5.92 Å². The van der Waals surface area contributed by atoms with Crippen LogP contribution < -0.4 is 0 Å². The van der Waals surface area contributed by atoms with Gasteiger partial charge in [0.05, 0.1) is 24.6 Å². The monoisotopic (exact) mass is 288 g/mol. The van der Waals surface area contributed by atoms with Gasteiger partial charge in [-0.1, -0.05) is 37.3 Å². The van der Waals surface area contributed by atoms with Gasteiger partial charge in [0.25, 0.3) is 0 Å². The highest BCUT2D eigenvalue weighted by molar-refractivity contribution is 6.11. The minimum Gasteiger partial charge on any atom is -0.461 e. The van der Waals surface area contributed by atoms with E-state index in [1.165, 1.54) is 0 Å². The molecule has 5 atom stereocenters. The first-order valence-corrected chi connectivity index (χ1v) is 7.56. The minimum atomic E-state index is -0.530. The third-order valence-corrected chi connectivity index (χ3v) is 4.84. The van der Waals surface area contributed by atoms with Crippen molar-refractivity contribution in [1.82, 2.24) is 0 Å². The summed E-state index contributed by atoms with van der Waals surface area (Å²) >= 11 is 0. The number of carbonyl (C=O) groups excluding carboxylic acids is 1. The van der Waals surface area contributed by atoms with E-state index >= 15 is 0 Å². The predicted molar refractivity (Wildman–Crippen MR) is 80.5 cm³/mol. The Hall–Kier alpha value is -1.33. The van der Waals surface area contributed by atoms with E-state index < -0.39 is 5.60 Å². The molecule has 1 aromatic carbocycles. The van der Waals surface area contributed by atoms with Gasteiger partial charge in [0.2, 0.25) is 0 Å². The van der Waals surface area contributed by atoms with Gasteiger partial charge in [-0.3, -0.25) is 4.79 Å². The Balaban J connectivity index is 1.62. The lowest BCUT2D eigenvalue weighted by atomic mass is 9.82. The predicted octanol–water partition coefficient (Wildman–Crippen LogP) is 1.27. The van der Waals surface area contributed by atoms with E-state index in [2.05, 4.69) is 6.92 Å². The molecule has 21 heavy (non-hydrogen) atoms. The number of rotatable bonds is 4. The van der Waals surface area contributed by atoms with Gasteiger partial charge in [0, 0.05) is 5.92 Å². The molecule has 1 aromatic rings. The Morgan fingerprint density at radius 1 is 1.33 bits per heavy atom. The number of fused-ring (bicyclic) bond motifs is 2. The van der Waals surface area contributed by atoms with Gasteiger partial charge in [-0.15, -0.1) is 0 Å². The number of hydrogen-bond acceptors (Lipinski definition) is 4. The summed E-state index contributed by atoms with van der Waals surface area (Å²) in [6.45, 7) is 4.38. The first kappa shape index (κ1) is 14.6. The van der Waals surface area contributed by atoms with Crippen LogP contribution >= 0.6 is 0 Å². The Morgan fingerprint density at radius 3 is 2.67 bits per heavy atom. The SMILES string of the molecule is B[C@@H]1O[C@]2(CC(=O)OCc3ccccc3)C(C)O[C@H]1C2C. The van der Waals surface area contributed by atoms with Gasteiger partial charge in [-0.05, 0) is 12.5 Å². The summed E-state index contributed by atoms with van der Waals surface area (Å²) in [5, 5.41) is 0. The number of ether oxygens (including phenoxy) is 3. The van der Waals surface area contributed by atoms with Crippen molar-refractivity contribution in [3.63, 3.8) is 0 Å². The second kappa shape index (κ2) is 5.46. The fourth-order valence-electron chi connectivity index (χ4n) is 3.61. The van der Waals surface area contributed by atoms with E-state index in [0.717, 1.165) is 5.56 Å². The van der Waals surface area contributed by atoms with Crippen LogP contribution in [0.25, 0.3) is 0 Å². The standard InChI is InChI=1S/C16H21BO4/c1-10-14-15(17)21-16(10,11(2)20-14)8-13(18)19-9-12-6-4-3-5-7-12/h3-7,10-11,14-15H,8-9,17H2,1-2H3/t10?,11?,14-,15+,16-/m0/s1. The number of carbonyl (C=O) groups is 1. The highest BCUT2D eigenvalue weighted by atomic mass is 16.6. The molecule has 2 unspecified atom stereocenters. The summed E-state index contributed by atoms with van der Waals surface area (Å²) in [5.74, 6) is -0.0114. The van der Waals surface area contributed by atoms with E-state index in [0.29, 0.717) is 6.61 Å². The molecule has 0 N–H and O–H groups in total. The smallest absolute Gasteiger partial charge is 0.309 e. The lowest BCUT2D eigenvalue weighted by Crippen LogP contribution is -2.46. The molecule has 2 saturated heterocycles. The van der Waals surface area contributed by atoms with E-state index in [1.54, 1.807) is 0 Å². The van der Waals surface area contributed by atoms with Crippen LogP contribution in [0.3, 0.4) is 0 Å². The molecule has 5 heteroatoms. The van der Waals surface area contributed by atoms with Gasteiger partial charge in [0.15, 0.2) is 0 Å². The van der Waals surface area contributed by atoms with Crippen LogP contribution in [0.5, 0.6) is 0 Å². The van der Waals surface area contributed by atoms with Crippen LogP contribution in [0.1, 0.15) is 25.8 Å². The van der Waals surface area contributed by atoms with Crippen molar-refractivity contribution in [1.29, 1.82) is 0 Å². The molecule has 0 radical (unpaired) electrons. The Kier molecular flexibility index (Phi) is 3.80. The second-order valence-corrected chi connectivity index (χ2v) is 6.13. The fraction of sp³-hybridized carbons (Fsp3) is 0.562. The zero-order valence-electron chi connectivity index (χ0n) is 12.7. The molecule has 3 rings (SSSR count). The van der Waals surface area contributed by atoms with Crippen LogP contribution in [0.4, 0.5) is 0 Å². The van der Waals surface area contributed by atoms with Gasteiger partial charge >= 0.3 is 5.97 Å². The Morgan fingerprint density at radius 2 is 2.05 bits per heavy atom. The summed E-state index contributed by atoms with van der Waals surface area (Å²) in [6.07, 6.45) is 0.267. The summed E-state index contributed by atoms with van der Waals surface area (Å²) < 4.78 is 17.4. The Bertz CT molecular complexity index is 520. The largest absolute Gasteiger partial charge is 0.461 e. The number of benzene rings is 1. The molecule has 0 spiro atoms. The summed E-state index contributed by atoms with van der Waals surface area (Å²) in [5.41, 5.74) is 0.461. The van der Waals surface area contributed by atoms with Crippen LogP contribution in [0.2, 0.25) is 0 Å². The van der Waals surface area contributed by atoms with Crippen molar-refractivity contribution in [3.05, 3.63) is 35.9 Å². The van der Waals surface area contributed by atoms with Crippen LogP contribution in [-0.2, 0) is 25.6 Å². The van der Waals surface area contributed by atoms with E-state index in [1.807, 2.05) is 45.1 Å². The molecule has 2 fully saturated rings. The molecule has 2 aliphatic heterocycles. The summed E-state index contributed by atoms with van der Waals surface area (Å²) in [7, 11) is 2.00. The maximum Gasteiger partial charge on any atom is 0.309 e. The molecule has 2 heterocycles. The first-order chi connectivity index (χ1) is 10.0. The fourth-order valence-corrected chi connectivity index (χ4v) is 3.61. The molecular weight excluding hydrogens is 267 g/mol. The van der Waals surface area contributed by atoms with Gasteiger partial charge in [-0.25, -0.2) is 0 Å². The summed E-state index contributed by atoms with van der Waals surface area (Å²) in [6, 6.07) is 9.74. The van der Waals surface area contributed by atoms with E-state index in [9.17, 15) is 4.79 Å². The maximum absolute atomic E-state index is 12.2. The average molecular weight is 288 g/mol. The molecule has 4 nitrogen and oxygen atoms in total. The van der Waals surface area contributed by atoms with Gasteiger partial charge in [-0.2, -0.15) is 0 Å². The number of esters is 1. The van der Waals surface area contributed by atoms with Crippen molar-refractivity contribution >= 4 is 13.8 Å². The topological polar surface area (TPSA) is 44.8 Å². The van der Waals surface area contributed by atoms with E-state index in [-0.39, 0.29) is 36.5 Å². The molecule has 0 amide bonds. The highest BCUT2D eigenvalue weighted by Gasteiger charge is 2.62. The van der Waals surface area contributed by atoms with Crippen LogP contribution in [0.15, 0.2) is 30.3 Å². The lowest BCUT2D eigenvalue weighted by molar-refractivity contribution is -0.175. The molecule has 0 aliphatic carbocycles. The van der Waals surface area contributed by atoms with E-state index in [4.69, 9.17) is 14.2 Å². The molecular formula is C16H21BO4. The third kappa shape index (κ3) is 2.49. The molecule has 112 valence electrons. The molecule has 2 bridgehead atoms. The first-order valence-electron chi connectivity index (χ1n) is 7.56. The summed E-state index contributed by atoms with van der Waals surface area (Å²) in [4.78, 5) is 12.2. The second-order valence-electron chi connectivity index (χ2n) is 6.13. The lowest BCUT2D eigenvalue weighted by Gasteiger charge is -2.35. The van der Waals surface area contributed by atoms with Crippen molar-refractivity contribution < 1.29 is 19.0 Å². The normalized spacial score (nSPS) is 37.6. The number of hydrogen-bond donors (Lipinski definition) is 0. The van der Waals surface area contributed by atoms with Gasteiger partial charge in [0.1, 0.15) is 20.1 Å². The maximum atomic E-state index is 12.2. The van der Waals surface area contributed by atoms with Crippen LogP contribution in [-0.4, -0.2) is 37.6 Å². The minimum absolute atomic E-state index is 0.0399. The third-order valence-electron chi connectivity index (χ3n) is 4.84. The zero-order valence-corrected chi connectivity index (χ0v) is 12.7. The van der Waals surface area contributed by atoms with Crippen molar-refractivity contribution in [3.8, 4) is 0 Å². The molecule has 0 saturated carbocycles. The average Bonchev–Trinajstić information content (AvgIpc) is 2.84. The quantitative estimate of drug-likeness (QED) is 0.618. The van der Waals surface area contributed by atoms with Crippen molar-refractivity contribution in [2.45, 2.75) is 50.7 Å². The highest BCUT2D eigenvalue weighted by Crippen LogP contribution is 2.49. The van der Waals surface area contributed by atoms with Crippen molar-refractivity contribution in [2.75, 3.05) is 0 Å². The van der Waals surface area contributed by atoms with Crippen LogP contribution in [0, 0.1) is 5.92 Å². The van der Waals surface area contributed by atoms with Gasteiger partial charge < -0.3 is 14.2 Å². The Labute approximate surface area is 126 Å².